The fraction of sp³-hybridized carbons (Fsp3) is 0.263. The van der Waals surface area contributed by atoms with Crippen LogP contribution in [0.15, 0.2) is 42.6 Å². The van der Waals surface area contributed by atoms with Crippen molar-refractivity contribution in [3.63, 3.8) is 0 Å². The van der Waals surface area contributed by atoms with Gasteiger partial charge in [0, 0.05) is 36.5 Å². The van der Waals surface area contributed by atoms with Crippen LogP contribution in [-0.4, -0.2) is 39.1 Å². The Kier molecular flexibility index (Phi) is 6.08. The minimum Gasteiger partial charge on any atom is -0.493 e. The lowest BCUT2D eigenvalue weighted by molar-refractivity contribution is -0.136. The second-order valence-electron chi connectivity index (χ2n) is 6.08. The van der Waals surface area contributed by atoms with E-state index in [1.165, 1.54) is 0 Å². The van der Waals surface area contributed by atoms with Crippen molar-refractivity contribution in [1.82, 2.24) is 10.3 Å². The number of carbonyl (C=O) groups is 3. The number of rotatable bonds is 8. The summed E-state index contributed by atoms with van der Waals surface area (Å²) in [5.74, 6) is -0.174. The zero-order valence-electron chi connectivity index (χ0n) is 14.4. The third-order valence-corrected chi connectivity index (χ3v) is 4.79. The number of amides is 1. The van der Waals surface area contributed by atoms with E-state index in [2.05, 4.69) is 10.3 Å². The standard InChI is InChI=1S/C19H18N2O5S/c22-17(23)10-13-1-4-14(20-11-13)7-8-26-15-5-2-12(3-6-15)9-16-18(24)27-19(25)21-16/h1-6,11,16H,7-10H2,(H,21,25)(H,22,23). The average Bonchev–Trinajstić information content (AvgIpc) is 2.94. The molecule has 1 unspecified atom stereocenters. The summed E-state index contributed by atoms with van der Waals surface area (Å²) in [7, 11) is 0. The smallest absolute Gasteiger partial charge is 0.307 e. The van der Waals surface area contributed by atoms with Crippen molar-refractivity contribution >= 4 is 28.1 Å². The molecule has 7 nitrogen and oxygen atoms in total. The van der Waals surface area contributed by atoms with Gasteiger partial charge < -0.3 is 15.2 Å². The van der Waals surface area contributed by atoms with Crippen molar-refractivity contribution in [3.8, 4) is 5.75 Å². The fourth-order valence-electron chi connectivity index (χ4n) is 2.64. The number of carboxylic acid groups (broad SMARTS) is 1. The number of hydrogen-bond donors (Lipinski definition) is 2. The summed E-state index contributed by atoms with van der Waals surface area (Å²) in [5.41, 5.74) is 2.44. The number of pyridine rings is 1. The van der Waals surface area contributed by atoms with Gasteiger partial charge >= 0.3 is 5.97 Å². The molecule has 0 radical (unpaired) electrons. The summed E-state index contributed by atoms with van der Waals surface area (Å²) in [4.78, 5) is 37.7. The van der Waals surface area contributed by atoms with Crippen molar-refractivity contribution in [3.05, 3.63) is 59.4 Å². The maximum Gasteiger partial charge on any atom is 0.307 e. The number of carboxylic acids is 1. The maximum atomic E-state index is 11.6. The molecule has 1 atom stereocenters. The molecule has 0 aliphatic carbocycles. The third kappa shape index (κ3) is 5.55. The van der Waals surface area contributed by atoms with Crippen LogP contribution in [0.1, 0.15) is 16.8 Å². The molecule has 1 amide bonds. The topological polar surface area (TPSA) is 106 Å². The quantitative estimate of drug-likeness (QED) is 0.716. The third-order valence-electron chi connectivity index (χ3n) is 4.00. The number of nitrogens with zero attached hydrogens (tertiary/aromatic N) is 1. The number of thioether (sulfide) groups is 1. The minimum absolute atomic E-state index is 0.0368. The molecule has 27 heavy (non-hydrogen) atoms. The molecule has 1 aliphatic heterocycles. The zero-order chi connectivity index (χ0) is 19.2. The van der Waals surface area contributed by atoms with E-state index in [1.54, 1.807) is 18.3 Å². The number of carbonyl (C=O) groups excluding carboxylic acids is 2. The molecule has 2 heterocycles. The second-order valence-corrected chi connectivity index (χ2v) is 7.06. The summed E-state index contributed by atoms with van der Waals surface area (Å²) >= 11 is 0.715. The normalized spacial score (nSPS) is 16.2. The van der Waals surface area contributed by atoms with Crippen molar-refractivity contribution in [2.24, 2.45) is 0 Å². The predicted octanol–water partition coefficient (Wildman–Crippen LogP) is 2.22. The van der Waals surface area contributed by atoms with Crippen molar-refractivity contribution < 1.29 is 24.2 Å². The van der Waals surface area contributed by atoms with Gasteiger partial charge in [0.25, 0.3) is 5.24 Å². The Morgan fingerprint density at radius 3 is 2.48 bits per heavy atom. The molecule has 2 aromatic rings. The number of benzene rings is 1. The van der Waals surface area contributed by atoms with Crippen LogP contribution >= 0.6 is 11.8 Å². The molecule has 3 rings (SSSR count). The summed E-state index contributed by atoms with van der Waals surface area (Å²) < 4.78 is 5.69. The van der Waals surface area contributed by atoms with E-state index in [0.29, 0.717) is 42.5 Å². The molecule has 1 fully saturated rings. The summed E-state index contributed by atoms with van der Waals surface area (Å²) in [6.07, 6.45) is 2.60. The largest absolute Gasteiger partial charge is 0.493 e. The van der Waals surface area contributed by atoms with Crippen LogP contribution in [-0.2, 0) is 28.9 Å². The molecule has 1 aliphatic rings. The van der Waals surface area contributed by atoms with E-state index in [1.807, 2.05) is 24.3 Å². The predicted molar refractivity (Wildman–Crippen MR) is 99.8 cm³/mol. The molecule has 140 valence electrons. The van der Waals surface area contributed by atoms with Gasteiger partial charge in [-0.1, -0.05) is 18.2 Å². The van der Waals surface area contributed by atoms with Gasteiger partial charge in [-0.3, -0.25) is 19.4 Å². The van der Waals surface area contributed by atoms with E-state index >= 15 is 0 Å². The van der Waals surface area contributed by atoms with Gasteiger partial charge in [-0.05, 0) is 29.3 Å². The van der Waals surface area contributed by atoms with Crippen LogP contribution in [0.25, 0.3) is 0 Å². The van der Waals surface area contributed by atoms with Crippen molar-refractivity contribution in [2.75, 3.05) is 6.61 Å². The fourth-order valence-corrected chi connectivity index (χ4v) is 3.31. The van der Waals surface area contributed by atoms with Crippen LogP contribution in [0.2, 0.25) is 0 Å². The molecule has 1 aromatic carbocycles. The highest BCUT2D eigenvalue weighted by Crippen LogP contribution is 2.20. The van der Waals surface area contributed by atoms with Gasteiger partial charge in [-0.25, -0.2) is 0 Å². The Hall–Kier alpha value is -2.87. The van der Waals surface area contributed by atoms with Crippen molar-refractivity contribution in [1.29, 1.82) is 0 Å². The Balaban J connectivity index is 1.45. The lowest BCUT2D eigenvalue weighted by Gasteiger charge is -2.10. The molecule has 2 N–H and O–H groups in total. The number of nitrogens with one attached hydrogen (secondary N) is 1. The molecule has 1 aromatic heterocycles. The molecule has 0 saturated carbocycles. The van der Waals surface area contributed by atoms with Gasteiger partial charge in [0.1, 0.15) is 11.8 Å². The Morgan fingerprint density at radius 1 is 1.15 bits per heavy atom. The van der Waals surface area contributed by atoms with Gasteiger partial charge in [0.15, 0.2) is 0 Å². The molecular weight excluding hydrogens is 368 g/mol. The minimum atomic E-state index is -0.880. The van der Waals surface area contributed by atoms with E-state index in [4.69, 9.17) is 9.84 Å². The van der Waals surface area contributed by atoms with Gasteiger partial charge in [-0.15, -0.1) is 0 Å². The number of hydrogen-bond acceptors (Lipinski definition) is 6. The average molecular weight is 386 g/mol. The van der Waals surface area contributed by atoms with Crippen LogP contribution < -0.4 is 10.1 Å². The van der Waals surface area contributed by atoms with E-state index < -0.39 is 12.0 Å². The Labute approximate surface area is 160 Å². The lowest BCUT2D eigenvalue weighted by atomic mass is 10.1. The number of aliphatic carboxylic acids is 1. The summed E-state index contributed by atoms with van der Waals surface area (Å²) in [6.45, 7) is 0.443. The number of aromatic nitrogens is 1. The monoisotopic (exact) mass is 386 g/mol. The van der Waals surface area contributed by atoms with E-state index in [9.17, 15) is 14.4 Å². The second kappa shape index (κ2) is 8.68. The summed E-state index contributed by atoms with van der Waals surface area (Å²) in [6, 6.07) is 10.5. The highest BCUT2D eigenvalue weighted by Gasteiger charge is 2.31. The van der Waals surface area contributed by atoms with Crippen LogP contribution in [0.4, 0.5) is 4.79 Å². The first-order chi connectivity index (χ1) is 13.0. The molecule has 0 bridgehead atoms. The number of ether oxygens (including phenoxy) is 1. The zero-order valence-corrected chi connectivity index (χ0v) is 15.2. The first-order valence-corrected chi connectivity index (χ1v) is 9.21. The highest BCUT2D eigenvalue weighted by atomic mass is 32.2. The van der Waals surface area contributed by atoms with E-state index in [0.717, 1.165) is 11.3 Å². The van der Waals surface area contributed by atoms with Gasteiger partial charge in [0.2, 0.25) is 5.12 Å². The lowest BCUT2D eigenvalue weighted by Crippen LogP contribution is -2.30. The maximum absolute atomic E-state index is 11.6. The van der Waals surface area contributed by atoms with Crippen LogP contribution in [0, 0.1) is 0 Å². The van der Waals surface area contributed by atoms with Gasteiger partial charge in [0.05, 0.1) is 13.0 Å². The first kappa shape index (κ1) is 18.9. The SMILES string of the molecule is O=C(O)Cc1ccc(CCOc2ccc(CC3NC(=O)SC3=O)cc2)nc1. The Morgan fingerprint density at radius 2 is 1.89 bits per heavy atom. The molecule has 0 spiro atoms. The van der Waals surface area contributed by atoms with Gasteiger partial charge in [-0.2, -0.15) is 0 Å². The summed E-state index contributed by atoms with van der Waals surface area (Å²) in [5, 5.41) is 10.9. The molecule has 1 saturated heterocycles. The highest BCUT2D eigenvalue weighted by molar-refractivity contribution is 8.26. The Bertz CT molecular complexity index is 836. The molecule has 8 heteroatoms. The van der Waals surface area contributed by atoms with Crippen LogP contribution in [0.5, 0.6) is 5.75 Å². The first-order valence-electron chi connectivity index (χ1n) is 8.39. The van der Waals surface area contributed by atoms with Crippen molar-refractivity contribution in [2.45, 2.75) is 25.3 Å². The van der Waals surface area contributed by atoms with E-state index in [-0.39, 0.29) is 16.8 Å². The molecular formula is C19H18N2O5S. The van der Waals surface area contributed by atoms with Crippen LogP contribution in [0.3, 0.4) is 0 Å².